The van der Waals surface area contributed by atoms with Crippen LogP contribution in [0.5, 0.6) is 0 Å². The first-order valence-corrected chi connectivity index (χ1v) is 11.8. The second-order valence-corrected chi connectivity index (χ2v) is 8.85. The Labute approximate surface area is 208 Å². The summed E-state index contributed by atoms with van der Waals surface area (Å²) >= 11 is 0. The Kier molecular flexibility index (Phi) is 11.6. The number of ketones is 1. The summed E-state index contributed by atoms with van der Waals surface area (Å²) in [7, 11) is 0. The number of carbonyl (C=O) groups is 3. The third-order valence-corrected chi connectivity index (χ3v) is 5.77. The molecule has 196 valence electrons. The van der Waals surface area contributed by atoms with Gasteiger partial charge >= 0.3 is 5.97 Å². The summed E-state index contributed by atoms with van der Waals surface area (Å²) in [5.41, 5.74) is 12.8. The topological polar surface area (TPSA) is 156 Å². The van der Waals surface area contributed by atoms with E-state index in [-0.39, 0.29) is 48.5 Å². The van der Waals surface area contributed by atoms with Gasteiger partial charge in [0, 0.05) is 31.5 Å². The molecule has 2 aromatic carbocycles. The fourth-order valence-corrected chi connectivity index (χ4v) is 3.75. The lowest BCUT2D eigenvalue weighted by atomic mass is 9.96. The molecule has 0 spiro atoms. The second-order valence-electron chi connectivity index (χ2n) is 8.85. The molecular weight excluding hydrogens is 472 g/mol. The van der Waals surface area contributed by atoms with E-state index in [2.05, 4.69) is 5.32 Å². The van der Waals surface area contributed by atoms with E-state index in [4.69, 9.17) is 16.6 Å². The van der Waals surface area contributed by atoms with Crippen LogP contribution < -0.4 is 16.8 Å². The molecule has 0 aliphatic carbocycles. The lowest BCUT2D eigenvalue weighted by molar-refractivity contribution is -0.128. The summed E-state index contributed by atoms with van der Waals surface area (Å²) in [5.74, 6) is -2.84. The van der Waals surface area contributed by atoms with Gasteiger partial charge in [0.25, 0.3) is 0 Å². The SMILES string of the molecule is NC(CC(=O)NCCCCCC(=O)C(O)C(N)Cc1ccc(C(=O)O)cc1)Cc1cc(F)ccc1F. The number of amides is 1. The Balaban J connectivity index is 1.60. The van der Waals surface area contributed by atoms with E-state index >= 15 is 0 Å². The van der Waals surface area contributed by atoms with Crippen molar-refractivity contribution in [3.63, 3.8) is 0 Å². The van der Waals surface area contributed by atoms with E-state index in [1.165, 1.54) is 12.1 Å². The predicted octanol–water partition coefficient (Wildman–Crippen LogP) is 2.10. The third-order valence-electron chi connectivity index (χ3n) is 5.77. The molecular formula is C26H33F2N3O5. The molecule has 8 nitrogen and oxygen atoms in total. The number of carboxylic acid groups (broad SMARTS) is 1. The van der Waals surface area contributed by atoms with Crippen molar-refractivity contribution in [1.29, 1.82) is 0 Å². The van der Waals surface area contributed by atoms with Crippen molar-refractivity contribution in [3.8, 4) is 0 Å². The number of unbranched alkanes of at least 4 members (excludes halogenated alkanes) is 2. The zero-order valence-electron chi connectivity index (χ0n) is 20.0. The average molecular weight is 506 g/mol. The Morgan fingerprint density at radius 3 is 2.31 bits per heavy atom. The van der Waals surface area contributed by atoms with Gasteiger partial charge in [0.05, 0.1) is 5.56 Å². The van der Waals surface area contributed by atoms with Crippen molar-refractivity contribution < 1.29 is 33.4 Å². The molecule has 10 heteroatoms. The first-order chi connectivity index (χ1) is 17.1. The van der Waals surface area contributed by atoms with Gasteiger partial charge in [-0.3, -0.25) is 9.59 Å². The van der Waals surface area contributed by atoms with Gasteiger partial charge in [0.2, 0.25) is 5.91 Å². The van der Waals surface area contributed by atoms with Crippen LogP contribution in [0.1, 0.15) is 53.6 Å². The molecule has 3 atom stereocenters. The summed E-state index contributed by atoms with van der Waals surface area (Å²) in [5, 5.41) is 21.8. The fraction of sp³-hybridized carbons (Fsp3) is 0.423. The molecule has 0 saturated carbocycles. The Morgan fingerprint density at radius 2 is 1.64 bits per heavy atom. The lowest BCUT2D eigenvalue weighted by Gasteiger charge is -2.18. The molecule has 0 fully saturated rings. The van der Waals surface area contributed by atoms with E-state index in [1.807, 2.05) is 0 Å². The molecule has 0 aromatic heterocycles. The molecule has 2 aromatic rings. The Hall–Kier alpha value is -3.21. The zero-order valence-corrected chi connectivity index (χ0v) is 20.0. The van der Waals surface area contributed by atoms with Crippen LogP contribution in [0.25, 0.3) is 0 Å². The number of aliphatic hydroxyl groups is 1. The van der Waals surface area contributed by atoms with E-state index in [1.54, 1.807) is 12.1 Å². The highest BCUT2D eigenvalue weighted by atomic mass is 19.1. The predicted molar refractivity (Wildman–Crippen MR) is 130 cm³/mol. The molecule has 0 aliphatic heterocycles. The molecule has 0 saturated heterocycles. The normalized spacial score (nSPS) is 13.6. The standard InChI is InChI=1S/C26H33F2N3O5/c27-19-9-10-21(28)18(13-19)14-20(29)15-24(33)31-11-3-1-2-4-23(32)25(34)22(30)12-16-5-7-17(8-6-16)26(35)36/h5-10,13,20,22,25,34H,1-4,11-12,14-15,29-30H2,(H,31,33)(H,35,36). The van der Waals surface area contributed by atoms with Gasteiger partial charge in [-0.25, -0.2) is 13.6 Å². The Bertz CT molecular complexity index is 1030. The summed E-state index contributed by atoms with van der Waals surface area (Å²) in [4.78, 5) is 35.1. The number of aromatic carboxylic acids is 1. The number of hydrogen-bond donors (Lipinski definition) is 5. The minimum Gasteiger partial charge on any atom is -0.478 e. The zero-order chi connectivity index (χ0) is 26.7. The highest BCUT2D eigenvalue weighted by Crippen LogP contribution is 2.13. The molecule has 2 rings (SSSR count). The van der Waals surface area contributed by atoms with Crippen LogP contribution in [0.2, 0.25) is 0 Å². The maximum absolute atomic E-state index is 13.7. The molecule has 7 N–H and O–H groups in total. The Morgan fingerprint density at radius 1 is 0.944 bits per heavy atom. The minimum absolute atomic E-state index is 0.0302. The van der Waals surface area contributed by atoms with Crippen LogP contribution in [-0.2, 0) is 22.4 Å². The van der Waals surface area contributed by atoms with Crippen LogP contribution in [0, 0.1) is 11.6 Å². The van der Waals surface area contributed by atoms with Crippen LogP contribution in [0.4, 0.5) is 8.78 Å². The summed E-state index contributed by atoms with van der Waals surface area (Å²) < 4.78 is 26.9. The number of hydrogen-bond acceptors (Lipinski definition) is 6. The van der Waals surface area contributed by atoms with Crippen LogP contribution in [0.15, 0.2) is 42.5 Å². The number of halogens is 2. The van der Waals surface area contributed by atoms with E-state index in [9.17, 15) is 28.3 Å². The fourth-order valence-electron chi connectivity index (χ4n) is 3.75. The molecule has 0 radical (unpaired) electrons. The van der Waals surface area contributed by atoms with Crippen molar-refractivity contribution in [3.05, 3.63) is 70.8 Å². The van der Waals surface area contributed by atoms with Gasteiger partial charge < -0.3 is 27.0 Å². The number of nitrogens with two attached hydrogens (primary N) is 2. The highest BCUT2D eigenvalue weighted by Gasteiger charge is 2.22. The number of benzene rings is 2. The monoisotopic (exact) mass is 505 g/mol. The van der Waals surface area contributed by atoms with Gasteiger partial charge in [-0.2, -0.15) is 0 Å². The summed E-state index contributed by atoms with van der Waals surface area (Å²) in [6, 6.07) is 7.72. The highest BCUT2D eigenvalue weighted by molar-refractivity contribution is 5.87. The van der Waals surface area contributed by atoms with Crippen LogP contribution >= 0.6 is 0 Å². The minimum atomic E-state index is -1.33. The first-order valence-electron chi connectivity index (χ1n) is 11.8. The average Bonchev–Trinajstić information content (AvgIpc) is 2.83. The van der Waals surface area contributed by atoms with E-state index < -0.39 is 35.8 Å². The number of carbonyl (C=O) groups excluding carboxylic acids is 2. The van der Waals surface area contributed by atoms with Crippen molar-refractivity contribution in [1.82, 2.24) is 5.32 Å². The summed E-state index contributed by atoms with van der Waals surface area (Å²) in [6.07, 6.45) is 0.834. The molecule has 0 heterocycles. The van der Waals surface area contributed by atoms with Gasteiger partial charge in [0.15, 0.2) is 5.78 Å². The largest absolute Gasteiger partial charge is 0.478 e. The van der Waals surface area contributed by atoms with Crippen LogP contribution in [-0.4, -0.2) is 52.6 Å². The maximum atomic E-state index is 13.7. The smallest absolute Gasteiger partial charge is 0.335 e. The van der Waals surface area contributed by atoms with Crippen molar-refractivity contribution in [2.45, 2.75) is 63.1 Å². The number of carboxylic acids is 1. The van der Waals surface area contributed by atoms with Crippen LogP contribution in [0.3, 0.4) is 0 Å². The van der Waals surface area contributed by atoms with Gasteiger partial charge in [0.1, 0.15) is 17.7 Å². The summed E-state index contributed by atoms with van der Waals surface area (Å²) in [6.45, 7) is 0.377. The maximum Gasteiger partial charge on any atom is 0.335 e. The molecule has 36 heavy (non-hydrogen) atoms. The lowest BCUT2D eigenvalue weighted by Crippen LogP contribution is -2.42. The molecule has 3 unspecified atom stereocenters. The number of aliphatic hydroxyl groups excluding tert-OH is 1. The van der Waals surface area contributed by atoms with Crippen molar-refractivity contribution in [2.24, 2.45) is 11.5 Å². The van der Waals surface area contributed by atoms with E-state index in [0.717, 1.165) is 23.8 Å². The van der Waals surface area contributed by atoms with Crippen molar-refractivity contribution in [2.75, 3.05) is 6.54 Å². The van der Waals surface area contributed by atoms with E-state index in [0.29, 0.717) is 25.8 Å². The molecule has 1 amide bonds. The van der Waals surface area contributed by atoms with Gasteiger partial charge in [-0.05, 0) is 67.1 Å². The third kappa shape index (κ3) is 9.80. The first kappa shape index (κ1) is 29.0. The van der Waals surface area contributed by atoms with Gasteiger partial charge in [-0.1, -0.05) is 18.6 Å². The molecule has 0 bridgehead atoms. The van der Waals surface area contributed by atoms with Gasteiger partial charge in [-0.15, -0.1) is 0 Å². The van der Waals surface area contributed by atoms with Crippen molar-refractivity contribution >= 4 is 17.7 Å². The molecule has 0 aliphatic rings. The number of rotatable bonds is 15. The second kappa shape index (κ2) is 14.4. The number of Topliss-reactive ketones (excluding diaryl/α,β-unsaturated/α-hetero) is 1. The quantitative estimate of drug-likeness (QED) is 0.232. The number of nitrogens with one attached hydrogen (secondary N) is 1.